The van der Waals surface area contributed by atoms with Crippen LogP contribution in [0.4, 0.5) is 0 Å². The molecule has 0 aromatic heterocycles. The number of amides is 3. The van der Waals surface area contributed by atoms with E-state index in [9.17, 15) is 22.8 Å². The molecule has 4 rings (SSSR count). The Bertz CT molecular complexity index is 1170. The van der Waals surface area contributed by atoms with Crippen molar-refractivity contribution in [2.45, 2.75) is 28.9 Å². The monoisotopic (exact) mass is 488 g/mol. The number of hydrogen-bond acceptors (Lipinski definition) is 8. The topological polar surface area (TPSA) is 139 Å². The van der Waals surface area contributed by atoms with Gasteiger partial charge in [-0.05, 0) is 55.7 Å². The minimum Gasteiger partial charge on any atom is -0.494 e. The molecule has 0 atom stereocenters. The molecule has 2 aromatic rings. The summed E-state index contributed by atoms with van der Waals surface area (Å²) in [4.78, 5) is 38.2. The summed E-state index contributed by atoms with van der Waals surface area (Å²) in [7, 11) is -4.12. The van der Waals surface area contributed by atoms with E-state index in [-0.39, 0.29) is 55.9 Å². The molecule has 1 saturated heterocycles. The van der Waals surface area contributed by atoms with E-state index in [4.69, 9.17) is 14.7 Å². The van der Waals surface area contributed by atoms with E-state index in [1.807, 2.05) is 0 Å². The van der Waals surface area contributed by atoms with E-state index in [1.165, 1.54) is 34.6 Å². The molecule has 2 N–H and O–H groups in total. The Morgan fingerprint density at radius 2 is 1.62 bits per heavy atom. The highest BCUT2D eigenvalue weighted by Crippen LogP contribution is 2.35. The van der Waals surface area contributed by atoms with Gasteiger partial charge in [0, 0.05) is 19.8 Å². The standard InChI is InChI=1S/C23H24N2O8S/c26-20-18-4-1-2-5-19(18)21(27)25(20)12-3-13-33-16-6-8-17(9-7-16)34(30,31)23(22(28)24-29)10-14-32-15-11-23/h1-2,4-9,29H,3,10-15H2,(H,24,28). The molecule has 0 bridgehead atoms. The van der Waals surface area contributed by atoms with Crippen molar-refractivity contribution in [3.8, 4) is 5.75 Å². The Morgan fingerprint density at radius 3 is 2.18 bits per heavy atom. The second-order valence-corrected chi connectivity index (χ2v) is 10.3. The van der Waals surface area contributed by atoms with Gasteiger partial charge in [-0.15, -0.1) is 0 Å². The predicted octanol–water partition coefficient (Wildman–Crippen LogP) is 1.58. The van der Waals surface area contributed by atoms with E-state index in [0.717, 1.165) is 0 Å². The number of sulfone groups is 1. The van der Waals surface area contributed by atoms with Crippen LogP contribution in [0, 0.1) is 0 Å². The number of hydrogen-bond donors (Lipinski definition) is 2. The van der Waals surface area contributed by atoms with Gasteiger partial charge in [-0.25, -0.2) is 13.9 Å². The first-order valence-corrected chi connectivity index (χ1v) is 12.3. The third kappa shape index (κ3) is 4.06. The number of nitrogens with zero attached hydrogens (tertiary/aromatic N) is 1. The molecule has 2 aromatic carbocycles. The lowest BCUT2D eigenvalue weighted by molar-refractivity contribution is -0.134. The number of nitrogens with one attached hydrogen (secondary N) is 1. The number of imide groups is 1. The van der Waals surface area contributed by atoms with E-state index < -0.39 is 20.5 Å². The first-order valence-electron chi connectivity index (χ1n) is 10.8. The summed E-state index contributed by atoms with van der Waals surface area (Å²) < 4.78 is 35.5. The molecule has 0 radical (unpaired) electrons. The maximum atomic E-state index is 13.2. The third-order valence-corrected chi connectivity index (χ3v) is 8.65. The van der Waals surface area contributed by atoms with Gasteiger partial charge in [-0.1, -0.05) is 12.1 Å². The molecule has 34 heavy (non-hydrogen) atoms. The van der Waals surface area contributed by atoms with Gasteiger partial charge >= 0.3 is 0 Å². The Morgan fingerprint density at radius 1 is 1.03 bits per heavy atom. The van der Waals surface area contributed by atoms with Crippen molar-refractivity contribution in [3.63, 3.8) is 0 Å². The number of carbonyl (C=O) groups excluding carboxylic acids is 3. The van der Waals surface area contributed by atoms with Crippen molar-refractivity contribution >= 4 is 27.6 Å². The molecule has 0 spiro atoms. The van der Waals surface area contributed by atoms with Gasteiger partial charge < -0.3 is 9.47 Å². The highest BCUT2D eigenvalue weighted by Gasteiger charge is 2.52. The normalized spacial score (nSPS) is 17.4. The number of ether oxygens (including phenoxy) is 2. The Balaban J connectivity index is 1.37. The summed E-state index contributed by atoms with van der Waals surface area (Å²) in [5.41, 5.74) is 2.26. The van der Waals surface area contributed by atoms with Crippen molar-refractivity contribution in [1.82, 2.24) is 10.4 Å². The summed E-state index contributed by atoms with van der Waals surface area (Å²) >= 11 is 0. The molecule has 3 amide bonds. The lowest BCUT2D eigenvalue weighted by Gasteiger charge is -2.34. The predicted molar refractivity (Wildman–Crippen MR) is 118 cm³/mol. The zero-order chi connectivity index (χ0) is 24.3. The smallest absolute Gasteiger partial charge is 0.265 e. The van der Waals surface area contributed by atoms with Crippen LogP contribution in [0.2, 0.25) is 0 Å². The number of hydroxylamine groups is 1. The van der Waals surface area contributed by atoms with Gasteiger partial charge in [0.05, 0.1) is 22.6 Å². The Hall–Kier alpha value is -3.28. The molecule has 0 unspecified atom stereocenters. The summed E-state index contributed by atoms with van der Waals surface area (Å²) in [6.45, 7) is 0.565. The molecule has 0 aliphatic carbocycles. The van der Waals surface area contributed by atoms with Crippen LogP contribution in [0.25, 0.3) is 0 Å². The number of carbonyl (C=O) groups is 3. The average molecular weight is 489 g/mol. The van der Waals surface area contributed by atoms with Crippen LogP contribution >= 0.6 is 0 Å². The molecule has 180 valence electrons. The van der Waals surface area contributed by atoms with Crippen molar-refractivity contribution in [2.24, 2.45) is 0 Å². The maximum absolute atomic E-state index is 13.2. The van der Waals surface area contributed by atoms with Crippen molar-refractivity contribution in [1.29, 1.82) is 0 Å². The highest BCUT2D eigenvalue weighted by molar-refractivity contribution is 7.93. The molecule has 11 heteroatoms. The number of rotatable bonds is 8. The van der Waals surface area contributed by atoms with Crippen LogP contribution in [0.3, 0.4) is 0 Å². The van der Waals surface area contributed by atoms with Gasteiger partial charge in [0.25, 0.3) is 17.7 Å². The lowest BCUT2D eigenvalue weighted by atomic mass is 9.98. The Labute approximate surface area is 196 Å². The van der Waals surface area contributed by atoms with Crippen molar-refractivity contribution in [2.75, 3.05) is 26.4 Å². The summed E-state index contributed by atoms with van der Waals surface area (Å²) in [6, 6.07) is 12.3. The molecule has 2 heterocycles. The second-order valence-electron chi connectivity index (χ2n) is 8.03. The Kier molecular flexibility index (Phi) is 6.69. The van der Waals surface area contributed by atoms with Crippen LogP contribution in [-0.4, -0.2) is 67.4 Å². The minimum atomic E-state index is -4.12. The fourth-order valence-electron chi connectivity index (χ4n) is 4.22. The third-order valence-electron chi connectivity index (χ3n) is 6.14. The van der Waals surface area contributed by atoms with Crippen molar-refractivity contribution < 1.29 is 37.5 Å². The zero-order valence-electron chi connectivity index (χ0n) is 18.2. The molecular formula is C23H24N2O8S. The van der Waals surface area contributed by atoms with Crippen molar-refractivity contribution in [3.05, 3.63) is 59.7 Å². The van der Waals surface area contributed by atoms with E-state index in [0.29, 0.717) is 23.3 Å². The quantitative estimate of drug-likeness (QED) is 0.247. The second kappa shape index (κ2) is 9.53. The minimum absolute atomic E-state index is 0.0716. The van der Waals surface area contributed by atoms with E-state index in [1.54, 1.807) is 24.3 Å². The highest BCUT2D eigenvalue weighted by atomic mass is 32.2. The zero-order valence-corrected chi connectivity index (χ0v) is 19.0. The largest absolute Gasteiger partial charge is 0.494 e. The summed E-state index contributed by atoms with van der Waals surface area (Å²) in [5.74, 6) is -1.24. The first-order chi connectivity index (χ1) is 16.3. The fraction of sp³-hybridized carbons (Fsp3) is 0.348. The number of fused-ring (bicyclic) bond motifs is 1. The fourth-order valence-corrected chi connectivity index (χ4v) is 6.16. The first kappa shape index (κ1) is 23.9. The van der Waals surface area contributed by atoms with Crippen LogP contribution in [-0.2, 0) is 19.4 Å². The van der Waals surface area contributed by atoms with Gasteiger partial charge in [0.15, 0.2) is 14.6 Å². The van der Waals surface area contributed by atoms with Crippen LogP contribution < -0.4 is 10.2 Å². The van der Waals surface area contributed by atoms with Crippen LogP contribution in [0.5, 0.6) is 5.75 Å². The lowest BCUT2D eigenvalue weighted by Crippen LogP contribution is -2.54. The van der Waals surface area contributed by atoms with Gasteiger partial charge in [-0.3, -0.25) is 24.5 Å². The van der Waals surface area contributed by atoms with E-state index in [2.05, 4.69) is 0 Å². The summed E-state index contributed by atoms with van der Waals surface area (Å²) in [5, 5.41) is 9.12. The molecule has 1 fully saturated rings. The SMILES string of the molecule is O=C1c2ccccc2C(=O)N1CCCOc1ccc(S(=O)(=O)C2(C(=O)NO)CCOCC2)cc1. The number of benzene rings is 2. The van der Waals surface area contributed by atoms with Crippen LogP contribution in [0.15, 0.2) is 53.4 Å². The van der Waals surface area contributed by atoms with E-state index >= 15 is 0 Å². The van der Waals surface area contributed by atoms with Gasteiger partial charge in [-0.2, -0.15) is 0 Å². The van der Waals surface area contributed by atoms with Crippen LogP contribution in [0.1, 0.15) is 40.0 Å². The molecule has 10 nitrogen and oxygen atoms in total. The summed E-state index contributed by atoms with van der Waals surface area (Å²) in [6.07, 6.45) is 0.251. The van der Waals surface area contributed by atoms with Gasteiger partial charge in [0.1, 0.15) is 5.75 Å². The molecule has 0 saturated carbocycles. The molecular weight excluding hydrogens is 464 g/mol. The van der Waals surface area contributed by atoms with Gasteiger partial charge in [0.2, 0.25) is 0 Å². The molecule has 2 aliphatic rings. The molecule has 2 aliphatic heterocycles. The average Bonchev–Trinajstić information content (AvgIpc) is 3.11. The maximum Gasteiger partial charge on any atom is 0.265 e.